The number of benzene rings is 2. The Morgan fingerprint density at radius 1 is 0.971 bits per heavy atom. The Kier molecular flexibility index (Phi) is 8.27. The van der Waals surface area contributed by atoms with Crippen molar-refractivity contribution >= 4 is 45.7 Å². The van der Waals surface area contributed by atoms with E-state index in [0.29, 0.717) is 70.1 Å². The van der Waals surface area contributed by atoms with E-state index in [1.165, 1.54) is 23.1 Å². The number of hydrogen-bond acceptors (Lipinski definition) is 10. The summed E-state index contributed by atoms with van der Waals surface area (Å²) >= 11 is 2.41. The third kappa shape index (κ3) is 6.55. The van der Waals surface area contributed by atoms with E-state index in [-0.39, 0.29) is 17.6 Å². The molecule has 1 aliphatic rings. The minimum atomic E-state index is -0.349. The lowest BCUT2D eigenvalue weighted by molar-refractivity contribution is -0.113. The second kappa shape index (κ2) is 11.8. The van der Waals surface area contributed by atoms with E-state index in [9.17, 15) is 9.59 Å². The molecule has 3 aromatic rings. The number of carbonyl (C=O) groups excluding carboxylic acids is 2. The number of nitrogens with zero attached hydrogens (tertiary/aromatic N) is 2. The lowest BCUT2D eigenvalue weighted by Gasteiger charge is -2.18. The van der Waals surface area contributed by atoms with E-state index in [2.05, 4.69) is 20.8 Å². The standard InChI is InChI=1S/C23H24N4O6S2/c1-3-30-16-7-5-14(11-18(16)31-4-2)21(29)25-22-26-27-23(35-22)34-13-20(28)24-15-6-8-17-19(12-15)33-10-9-32-17/h5-8,11-12H,3-4,9-10,13H2,1-2H3,(H,24,28)(H,25,26,29). The lowest BCUT2D eigenvalue weighted by atomic mass is 10.2. The first-order valence-electron chi connectivity index (χ1n) is 10.9. The minimum Gasteiger partial charge on any atom is -0.490 e. The van der Waals surface area contributed by atoms with Crippen molar-refractivity contribution in [1.29, 1.82) is 0 Å². The van der Waals surface area contributed by atoms with Crippen molar-refractivity contribution in [2.24, 2.45) is 0 Å². The normalized spacial score (nSPS) is 12.1. The summed E-state index contributed by atoms with van der Waals surface area (Å²) in [5.74, 6) is 1.92. The molecule has 0 aliphatic carbocycles. The predicted molar refractivity (Wildman–Crippen MR) is 133 cm³/mol. The first kappa shape index (κ1) is 24.6. The second-order valence-electron chi connectivity index (χ2n) is 7.05. The van der Waals surface area contributed by atoms with Gasteiger partial charge in [-0.1, -0.05) is 23.1 Å². The molecule has 184 valence electrons. The van der Waals surface area contributed by atoms with Crippen molar-refractivity contribution in [2.75, 3.05) is 42.8 Å². The minimum absolute atomic E-state index is 0.133. The Morgan fingerprint density at radius 3 is 2.54 bits per heavy atom. The van der Waals surface area contributed by atoms with Gasteiger partial charge in [-0.25, -0.2) is 0 Å². The monoisotopic (exact) mass is 516 g/mol. The van der Waals surface area contributed by atoms with Crippen LogP contribution < -0.4 is 29.6 Å². The van der Waals surface area contributed by atoms with Gasteiger partial charge in [0.1, 0.15) is 13.2 Å². The molecule has 0 unspecified atom stereocenters. The third-order valence-corrected chi connectivity index (χ3v) is 6.56. The lowest BCUT2D eigenvalue weighted by Crippen LogP contribution is -2.17. The van der Waals surface area contributed by atoms with Gasteiger partial charge in [0.25, 0.3) is 5.91 Å². The SMILES string of the molecule is CCOc1ccc(C(=O)Nc2nnc(SCC(=O)Nc3ccc4c(c3)OCCO4)s2)cc1OCC. The molecule has 1 aromatic heterocycles. The van der Waals surface area contributed by atoms with Crippen molar-refractivity contribution in [2.45, 2.75) is 18.2 Å². The van der Waals surface area contributed by atoms with Crippen LogP contribution in [0, 0.1) is 0 Å². The van der Waals surface area contributed by atoms with E-state index >= 15 is 0 Å². The highest BCUT2D eigenvalue weighted by Gasteiger charge is 2.16. The zero-order chi connectivity index (χ0) is 24.6. The average molecular weight is 517 g/mol. The van der Waals surface area contributed by atoms with Crippen molar-refractivity contribution < 1.29 is 28.5 Å². The van der Waals surface area contributed by atoms with E-state index in [1.807, 2.05) is 13.8 Å². The Morgan fingerprint density at radius 2 is 1.74 bits per heavy atom. The van der Waals surface area contributed by atoms with Crippen molar-refractivity contribution in [3.05, 3.63) is 42.0 Å². The Balaban J connectivity index is 1.30. The highest BCUT2D eigenvalue weighted by molar-refractivity contribution is 8.01. The number of rotatable bonds is 10. The number of anilines is 2. The number of carbonyl (C=O) groups is 2. The zero-order valence-electron chi connectivity index (χ0n) is 19.2. The van der Waals surface area contributed by atoms with Crippen LogP contribution in [0.1, 0.15) is 24.2 Å². The fraction of sp³-hybridized carbons (Fsp3) is 0.304. The first-order valence-corrected chi connectivity index (χ1v) is 12.7. The van der Waals surface area contributed by atoms with Gasteiger partial charge in [-0.05, 0) is 44.2 Å². The molecule has 0 fully saturated rings. The summed E-state index contributed by atoms with van der Waals surface area (Å²) in [4.78, 5) is 25.0. The number of amides is 2. The Hall–Kier alpha value is -3.51. The largest absolute Gasteiger partial charge is 0.490 e. The number of nitrogens with one attached hydrogen (secondary N) is 2. The number of fused-ring (bicyclic) bond motifs is 1. The maximum Gasteiger partial charge on any atom is 0.257 e. The van der Waals surface area contributed by atoms with Gasteiger partial charge in [-0.3, -0.25) is 14.9 Å². The number of aromatic nitrogens is 2. The van der Waals surface area contributed by atoms with E-state index in [0.717, 1.165) is 0 Å². The number of ether oxygens (including phenoxy) is 4. The molecule has 0 bridgehead atoms. The van der Waals surface area contributed by atoms with Crippen molar-refractivity contribution in [1.82, 2.24) is 10.2 Å². The number of hydrogen-bond donors (Lipinski definition) is 2. The Bertz CT molecular complexity index is 1200. The van der Waals surface area contributed by atoms with Gasteiger partial charge in [0, 0.05) is 17.3 Å². The quantitative estimate of drug-likeness (QED) is 0.303. The van der Waals surface area contributed by atoms with E-state index < -0.39 is 0 Å². The molecule has 0 saturated heterocycles. The molecular weight excluding hydrogens is 492 g/mol. The highest BCUT2D eigenvalue weighted by atomic mass is 32.2. The molecule has 0 spiro atoms. The molecule has 2 aromatic carbocycles. The third-order valence-electron chi connectivity index (χ3n) is 4.59. The maximum absolute atomic E-state index is 12.7. The van der Waals surface area contributed by atoms with Crippen LogP contribution >= 0.6 is 23.1 Å². The molecule has 2 amide bonds. The summed E-state index contributed by atoms with van der Waals surface area (Å²) in [6.07, 6.45) is 0. The zero-order valence-corrected chi connectivity index (χ0v) is 20.8. The molecule has 35 heavy (non-hydrogen) atoms. The van der Waals surface area contributed by atoms with Crippen LogP contribution in [0.15, 0.2) is 40.7 Å². The molecule has 0 radical (unpaired) electrons. The van der Waals surface area contributed by atoms with Crippen LogP contribution in [-0.2, 0) is 4.79 Å². The van der Waals surface area contributed by atoms with Gasteiger partial charge in [-0.2, -0.15) is 0 Å². The Labute approximate surface area is 210 Å². The molecule has 4 rings (SSSR count). The fourth-order valence-corrected chi connectivity index (χ4v) is 4.67. The molecule has 10 nitrogen and oxygen atoms in total. The van der Waals surface area contributed by atoms with Crippen LogP contribution in [0.3, 0.4) is 0 Å². The van der Waals surface area contributed by atoms with Crippen LogP contribution in [0.25, 0.3) is 0 Å². The smallest absolute Gasteiger partial charge is 0.257 e. The van der Waals surface area contributed by atoms with Crippen molar-refractivity contribution in [3.8, 4) is 23.0 Å². The second-order valence-corrected chi connectivity index (χ2v) is 9.25. The molecule has 0 saturated carbocycles. The summed E-state index contributed by atoms with van der Waals surface area (Å²) in [7, 11) is 0. The summed E-state index contributed by atoms with van der Waals surface area (Å²) in [5.41, 5.74) is 1.02. The number of thioether (sulfide) groups is 1. The first-order chi connectivity index (χ1) is 17.1. The van der Waals surface area contributed by atoms with Gasteiger partial charge in [0.15, 0.2) is 27.3 Å². The molecule has 0 atom stereocenters. The summed E-state index contributed by atoms with van der Waals surface area (Å²) in [6, 6.07) is 10.2. The average Bonchev–Trinajstić information content (AvgIpc) is 3.31. The van der Waals surface area contributed by atoms with E-state index in [4.69, 9.17) is 18.9 Å². The van der Waals surface area contributed by atoms with Gasteiger partial charge in [0.2, 0.25) is 11.0 Å². The van der Waals surface area contributed by atoms with E-state index in [1.54, 1.807) is 36.4 Å². The predicted octanol–water partition coefficient (Wildman–Crippen LogP) is 4.09. The molecule has 12 heteroatoms. The van der Waals surface area contributed by atoms with Gasteiger partial charge >= 0.3 is 0 Å². The van der Waals surface area contributed by atoms with Crippen LogP contribution in [0.2, 0.25) is 0 Å². The van der Waals surface area contributed by atoms with Crippen LogP contribution in [-0.4, -0.2) is 54.2 Å². The highest BCUT2D eigenvalue weighted by Crippen LogP contribution is 2.33. The topological polar surface area (TPSA) is 121 Å². The van der Waals surface area contributed by atoms with Crippen LogP contribution in [0.5, 0.6) is 23.0 Å². The summed E-state index contributed by atoms with van der Waals surface area (Å²) in [6.45, 7) is 5.66. The summed E-state index contributed by atoms with van der Waals surface area (Å²) < 4.78 is 22.7. The van der Waals surface area contributed by atoms with Gasteiger partial charge in [-0.15, -0.1) is 10.2 Å². The van der Waals surface area contributed by atoms with Gasteiger partial charge in [0.05, 0.1) is 19.0 Å². The van der Waals surface area contributed by atoms with Gasteiger partial charge < -0.3 is 24.3 Å². The molecule has 1 aliphatic heterocycles. The van der Waals surface area contributed by atoms with Crippen molar-refractivity contribution in [3.63, 3.8) is 0 Å². The molecule has 2 heterocycles. The molecule has 2 N–H and O–H groups in total. The molecular formula is C23H24N4O6S2. The summed E-state index contributed by atoms with van der Waals surface area (Å²) in [5, 5.41) is 13.9. The fourth-order valence-electron chi connectivity index (χ4n) is 3.13. The maximum atomic E-state index is 12.7. The van der Waals surface area contributed by atoms with Crippen LogP contribution in [0.4, 0.5) is 10.8 Å².